The summed E-state index contributed by atoms with van der Waals surface area (Å²) in [6.45, 7) is 4.42. The number of benzene rings is 2. The van der Waals surface area contributed by atoms with Gasteiger partial charge in [0, 0.05) is 34.8 Å². The van der Waals surface area contributed by atoms with Crippen LogP contribution in [0.5, 0.6) is 23.0 Å². The van der Waals surface area contributed by atoms with E-state index in [9.17, 15) is 19.2 Å². The van der Waals surface area contributed by atoms with Crippen LogP contribution >= 0.6 is 0 Å². The van der Waals surface area contributed by atoms with E-state index in [2.05, 4.69) is 0 Å². The number of rotatable bonds is 14. The number of carbonyl (C=O) groups excluding carboxylic acids is 4. The lowest BCUT2D eigenvalue weighted by molar-refractivity contribution is -0.293. The molecule has 0 bridgehead atoms. The van der Waals surface area contributed by atoms with Gasteiger partial charge in [-0.25, -0.2) is 0 Å². The summed E-state index contributed by atoms with van der Waals surface area (Å²) in [6.07, 6.45) is -6.77. The zero-order chi connectivity index (χ0) is 33.1. The number of hydrogen-bond acceptors (Lipinski definition) is 14. The maximum atomic E-state index is 12.2. The number of para-hydroxylation sites is 2. The lowest BCUT2D eigenvalue weighted by Crippen LogP contribution is -2.58. The Morgan fingerprint density at radius 3 is 2.02 bits per heavy atom. The van der Waals surface area contributed by atoms with Crippen molar-refractivity contribution >= 4 is 23.9 Å². The fraction of sp³-hybridized carbons (Fsp3) is 0.484. The van der Waals surface area contributed by atoms with Crippen molar-refractivity contribution in [3.05, 3.63) is 48.0 Å². The molecule has 0 aliphatic carbocycles. The standard InChI is InChI=1S/C31H38O14/c1-17(32)39-15-26(44-23-11-9-8-10-22(23)36-5)28(21-12-13-24(41-18(2)33)25(14-21)37-6)45-30-29(43-20(4)35)27(42-19(3)34)16-40-31(30)38-7/h8-14,26-31H,15-16H2,1-7H3/t26-,27+,28-,29-,30+,31+/m0/s1. The van der Waals surface area contributed by atoms with E-state index < -0.39 is 60.7 Å². The van der Waals surface area contributed by atoms with E-state index in [-0.39, 0.29) is 24.7 Å². The molecule has 0 amide bonds. The third kappa shape index (κ3) is 9.80. The van der Waals surface area contributed by atoms with E-state index in [1.54, 1.807) is 36.4 Å². The fourth-order valence-corrected chi connectivity index (χ4v) is 4.65. The summed E-state index contributed by atoms with van der Waals surface area (Å²) in [7, 11) is 4.23. The summed E-state index contributed by atoms with van der Waals surface area (Å²) in [4.78, 5) is 47.8. The summed E-state index contributed by atoms with van der Waals surface area (Å²) in [5, 5.41) is 0. The van der Waals surface area contributed by atoms with Crippen LogP contribution in [0.3, 0.4) is 0 Å². The van der Waals surface area contributed by atoms with E-state index >= 15 is 0 Å². The molecular weight excluding hydrogens is 596 g/mol. The molecule has 14 nitrogen and oxygen atoms in total. The quantitative estimate of drug-likeness (QED) is 0.169. The molecule has 2 aromatic carbocycles. The Bertz CT molecular complexity index is 1330. The van der Waals surface area contributed by atoms with Gasteiger partial charge in [0.2, 0.25) is 0 Å². The maximum absolute atomic E-state index is 12.2. The highest BCUT2D eigenvalue weighted by molar-refractivity contribution is 5.70. The van der Waals surface area contributed by atoms with Crippen molar-refractivity contribution in [2.45, 2.75) is 64.5 Å². The molecule has 3 rings (SSSR count). The van der Waals surface area contributed by atoms with Crippen LogP contribution in [0, 0.1) is 0 Å². The van der Waals surface area contributed by atoms with E-state index in [0.29, 0.717) is 17.1 Å². The monoisotopic (exact) mass is 634 g/mol. The van der Waals surface area contributed by atoms with Crippen molar-refractivity contribution in [1.29, 1.82) is 0 Å². The molecule has 0 unspecified atom stereocenters. The molecule has 1 heterocycles. The number of esters is 4. The van der Waals surface area contributed by atoms with Crippen molar-refractivity contribution < 1.29 is 66.5 Å². The van der Waals surface area contributed by atoms with Gasteiger partial charge in [-0.1, -0.05) is 18.2 Å². The minimum absolute atomic E-state index is 0.137. The van der Waals surface area contributed by atoms with Crippen LogP contribution in [-0.4, -0.2) is 89.1 Å². The first-order chi connectivity index (χ1) is 21.5. The molecule has 0 saturated carbocycles. The molecule has 1 aliphatic heterocycles. The normalized spacial score (nSPS) is 20.6. The topological polar surface area (TPSA) is 161 Å². The van der Waals surface area contributed by atoms with Crippen LogP contribution in [0.25, 0.3) is 0 Å². The van der Waals surface area contributed by atoms with Crippen molar-refractivity contribution in [2.75, 3.05) is 34.5 Å². The second-order valence-corrected chi connectivity index (χ2v) is 9.79. The number of methoxy groups -OCH3 is 3. The van der Waals surface area contributed by atoms with Gasteiger partial charge in [0.15, 0.2) is 47.6 Å². The van der Waals surface area contributed by atoms with Crippen molar-refractivity contribution in [3.8, 4) is 23.0 Å². The lowest BCUT2D eigenvalue weighted by Gasteiger charge is -2.42. The first kappa shape index (κ1) is 35.1. The van der Waals surface area contributed by atoms with E-state index in [1.807, 2.05) is 0 Å². The first-order valence-corrected chi connectivity index (χ1v) is 13.9. The maximum Gasteiger partial charge on any atom is 0.308 e. The van der Waals surface area contributed by atoms with E-state index in [1.165, 1.54) is 55.1 Å². The van der Waals surface area contributed by atoms with Gasteiger partial charge in [-0.05, 0) is 29.8 Å². The van der Waals surface area contributed by atoms with E-state index in [4.69, 9.17) is 47.4 Å². The Hall–Kier alpha value is -4.40. The van der Waals surface area contributed by atoms with Crippen LogP contribution in [0.15, 0.2) is 42.5 Å². The SMILES string of the molecule is COc1cc([C@H](O[C@H]2[C@H](OC)OC[C@@H](OC(C)=O)[C@@H]2OC(C)=O)[C@H](COC(C)=O)Oc2ccccc2OC)ccc1OC(C)=O. The Kier molecular flexibility index (Phi) is 12.9. The minimum Gasteiger partial charge on any atom is -0.493 e. The molecule has 1 saturated heterocycles. The molecule has 2 aromatic rings. The van der Waals surface area contributed by atoms with Gasteiger partial charge in [0.05, 0.1) is 20.8 Å². The van der Waals surface area contributed by atoms with Gasteiger partial charge in [-0.2, -0.15) is 0 Å². The molecule has 45 heavy (non-hydrogen) atoms. The summed E-state index contributed by atoms with van der Waals surface area (Å²) < 4.78 is 56.9. The van der Waals surface area contributed by atoms with Gasteiger partial charge < -0.3 is 47.4 Å². The minimum atomic E-state index is -1.21. The number of hydrogen-bond donors (Lipinski definition) is 0. The van der Waals surface area contributed by atoms with Gasteiger partial charge >= 0.3 is 23.9 Å². The average molecular weight is 635 g/mol. The first-order valence-electron chi connectivity index (χ1n) is 13.9. The second-order valence-electron chi connectivity index (χ2n) is 9.79. The van der Waals surface area contributed by atoms with Crippen molar-refractivity contribution in [3.63, 3.8) is 0 Å². The highest BCUT2D eigenvalue weighted by Crippen LogP contribution is 2.38. The third-order valence-electron chi connectivity index (χ3n) is 6.44. The summed E-state index contributed by atoms with van der Waals surface area (Å²) in [5.41, 5.74) is 0.404. The van der Waals surface area contributed by atoms with E-state index in [0.717, 1.165) is 0 Å². The zero-order valence-electron chi connectivity index (χ0n) is 26.1. The summed E-state index contributed by atoms with van der Waals surface area (Å²) in [5.74, 6) is -1.46. The Balaban J connectivity index is 2.18. The van der Waals surface area contributed by atoms with Gasteiger partial charge in [-0.3, -0.25) is 19.2 Å². The van der Waals surface area contributed by atoms with Gasteiger partial charge in [0.1, 0.15) is 18.8 Å². The smallest absolute Gasteiger partial charge is 0.308 e. The lowest BCUT2D eigenvalue weighted by atomic mass is 10.00. The van der Waals surface area contributed by atoms with Crippen LogP contribution in [-0.2, 0) is 47.6 Å². The molecule has 6 atom stereocenters. The molecule has 1 aliphatic rings. The van der Waals surface area contributed by atoms with Crippen LogP contribution < -0.4 is 18.9 Å². The molecule has 0 spiro atoms. The number of carbonyl (C=O) groups is 4. The Morgan fingerprint density at radius 2 is 1.44 bits per heavy atom. The zero-order valence-corrected chi connectivity index (χ0v) is 26.1. The highest BCUT2D eigenvalue weighted by Gasteiger charge is 2.48. The van der Waals surface area contributed by atoms with Crippen LogP contribution in [0.4, 0.5) is 0 Å². The summed E-state index contributed by atoms with van der Waals surface area (Å²) >= 11 is 0. The fourth-order valence-electron chi connectivity index (χ4n) is 4.65. The number of ether oxygens (including phenoxy) is 10. The van der Waals surface area contributed by atoms with Gasteiger partial charge in [0.25, 0.3) is 0 Å². The molecule has 0 N–H and O–H groups in total. The summed E-state index contributed by atoms with van der Waals surface area (Å²) in [6, 6.07) is 11.4. The second kappa shape index (κ2) is 16.6. The molecule has 0 radical (unpaired) electrons. The average Bonchev–Trinajstić information content (AvgIpc) is 2.99. The van der Waals surface area contributed by atoms with Crippen LogP contribution in [0.1, 0.15) is 39.4 Å². The molecule has 0 aromatic heterocycles. The largest absolute Gasteiger partial charge is 0.493 e. The molecule has 14 heteroatoms. The van der Waals surface area contributed by atoms with Crippen LogP contribution in [0.2, 0.25) is 0 Å². The third-order valence-corrected chi connectivity index (χ3v) is 6.44. The Labute approximate surface area is 260 Å². The highest BCUT2D eigenvalue weighted by atomic mass is 16.7. The van der Waals surface area contributed by atoms with Gasteiger partial charge in [-0.15, -0.1) is 0 Å². The molecule has 1 fully saturated rings. The molecule has 246 valence electrons. The van der Waals surface area contributed by atoms with Crippen molar-refractivity contribution in [1.82, 2.24) is 0 Å². The Morgan fingerprint density at radius 1 is 0.778 bits per heavy atom. The van der Waals surface area contributed by atoms with Crippen molar-refractivity contribution in [2.24, 2.45) is 0 Å². The molecular formula is C31H38O14. The predicted molar refractivity (Wildman–Crippen MR) is 154 cm³/mol. The predicted octanol–water partition coefficient (Wildman–Crippen LogP) is 2.93.